The van der Waals surface area contributed by atoms with E-state index < -0.39 is 0 Å². The number of ether oxygens (including phenoxy) is 2. The Hall–Kier alpha value is -0.0800. The smallest absolute Gasteiger partial charge is 0.0462 e. The van der Waals surface area contributed by atoms with Crippen molar-refractivity contribution in [3.63, 3.8) is 0 Å². The van der Waals surface area contributed by atoms with Crippen molar-refractivity contribution in [1.82, 2.24) is 0 Å². The van der Waals surface area contributed by atoms with E-state index in [4.69, 9.17) is 4.74 Å². The first kappa shape index (κ1) is 14.4. The maximum absolute atomic E-state index is 4.89. The Balaban J connectivity index is 0. The molecule has 0 bridgehead atoms. The van der Waals surface area contributed by atoms with Crippen molar-refractivity contribution in [2.24, 2.45) is 0 Å². The van der Waals surface area contributed by atoms with E-state index in [1.165, 1.54) is 25.7 Å². The van der Waals surface area contributed by atoms with Crippen LogP contribution in [0.1, 0.15) is 39.5 Å². The predicted molar refractivity (Wildman–Crippen MR) is 53.6 cm³/mol. The van der Waals surface area contributed by atoms with Crippen LogP contribution in [-0.2, 0) is 9.47 Å². The van der Waals surface area contributed by atoms with Crippen LogP contribution in [0.2, 0.25) is 0 Å². The van der Waals surface area contributed by atoms with Gasteiger partial charge in [0, 0.05) is 27.4 Å². The van der Waals surface area contributed by atoms with Crippen LogP contribution in [0.3, 0.4) is 0 Å². The Kier molecular flexibility index (Phi) is 20.6. The van der Waals surface area contributed by atoms with Crippen LogP contribution in [-0.4, -0.2) is 27.4 Å². The molecule has 0 aliphatic heterocycles. The second kappa shape index (κ2) is 17.1. The highest BCUT2D eigenvalue weighted by Gasteiger charge is 1.83. The van der Waals surface area contributed by atoms with Gasteiger partial charge in [-0.05, 0) is 13.3 Å². The Morgan fingerprint density at radius 3 is 1.75 bits per heavy atom. The molecule has 2 nitrogen and oxygen atoms in total. The average molecular weight is 176 g/mol. The molecule has 0 fully saturated rings. The molecule has 0 N–H and O–H groups in total. The minimum absolute atomic E-state index is 0.819. The Morgan fingerprint density at radius 1 is 0.833 bits per heavy atom. The van der Waals surface area contributed by atoms with Crippen molar-refractivity contribution in [2.75, 3.05) is 27.4 Å². The molecule has 0 saturated heterocycles. The van der Waals surface area contributed by atoms with Gasteiger partial charge in [0.1, 0.15) is 0 Å². The molecule has 0 rings (SSSR count). The molecule has 0 heterocycles. The van der Waals surface area contributed by atoms with Crippen LogP contribution in [0.25, 0.3) is 0 Å². The first-order chi connectivity index (χ1) is 5.83. The molecule has 0 atom stereocenters. The van der Waals surface area contributed by atoms with Gasteiger partial charge in [0.15, 0.2) is 0 Å². The van der Waals surface area contributed by atoms with Crippen LogP contribution in [0.15, 0.2) is 0 Å². The van der Waals surface area contributed by atoms with Crippen molar-refractivity contribution in [3.8, 4) is 0 Å². The minimum atomic E-state index is 0.819. The van der Waals surface area contributed by atoms with Gasteiger partial charge in [-0.3, -0.25) is 0 Å². The summed E-state index contributed by atoms with van der Waals surface area (Å²) in [4.78, 5) is 0. The third-order valence-electron chi connectivity index (χ3n) is 1.49. The van der Waals surface area contributed by atoms with E-state index in [1.807, 2.05) is 6.92 Å². The lowest BCUT2D eigenvalue weighted by atomic mass is 10.2. The minimum Gasteiger partial charge on any atom is -0.385 e. The number of unbranched alkanes of at least 4 members (excludes halogenated alkanes) is 3. The highest BCUT2D eigenvalue weighted by atomic mass is 16.5. The van der Waals surface area contributed by atoms with Gasteiger partial charge in [0.25, 0.3) is 0 Å². The van der Waals surface area contributed by atoms with Crippen LogP contribution in [0.4, 0.5) is 0 Å². The zero-order chi connectivity index (χ0) is 9.66. The molecule has 0 aromatic carbocycles. The molecule has 2 heteroatoms. The van der Waals surface area contributed by atoms with Crippen LogP contribution in [0.5, 0.6) is 0 Å². The summed E-state index contributed by atoms with van der Waals surface area (Å²) in [7, 11) is 3.44. The maximum atomic E-state index is 4.89. The number of methoxy groups -OCH3 is 2. The molecular formula is C10H24O2. The topological polar surface area (TPSA) is 18.5 Å². The van der Waals surface area contributed by atoms with Gasteiger partial charge >= 0.3 is 0 Å². The Morgan fingerprint density at radius 2 is 1.42 bits per heavy atom. The molecule has 0 saturated carbocycles. The summed E-state index contributed by atoms with van der Waals surface area (Å²) in [6.07, 6.45) is 5.21. The second-order valence-electron chi connectivity index (χ2n) is 2.63. The SMILES string of the molecule is CCCCCCOC.CCOC. The fourth-order valence-corrected chi connectivity index (χ4v) is 0.673. The summed E-state index contributed by atoms with van der Waals surface area (Å²) < 4.78 is 9.43. The summed E-state index contributed by atoms with van der Waals surface area (Å²) in [5, 5.41) is 0. The lowest BCUT2D eigenvalue weighted by Gasteiger charge is -1.95. The molecule has 0 aromatic rings. The van der Waals surface area contributed by atoms with Gasteiger partial charge in [-0.2, -0.15) is 0 Å². The largest absolute Gasteiger partial charge is 0.385 e. The highest BCUT2D eigenvalue weighted by Crippen LogP contribution is 1.97. The van der Waals surface area contributed by atoms with E-state index in [2.05, 4.69) is 11.7 Å². The summed E-state index contributed by atoms with van der Waals surface area (Å²) in [6.45, 7) is 5.92. The fraction of sp³-hybridized carbons (Fsp3) is 1.00. The van der Waals surface area contributed by atoms with Crippen molar-refractivity contribution in [2.45, 2.75) is 39.5 Å². The van der Waals surface area contributed by atoms with Gasteiger partial charge in [-0.25, -0.2) is 0 Å². The first-order valence-corrected chi connectivity index (χ1v) is 4.81. The first-order valence-electron chi connectivity index (χ1n) is 4.81. The molecule has 0 amide bonds. The van der Waals surface area contributed by atoms with E-state index in [-0.39, 0.29) is 0 Å². The summed E-state index contributed by atoms with van der Waals surface area (Å²) >= 11 is 0. The lowest BCUT2D eigenvalue weighted by molar-refractivity contribution is 0.192. The van der Waals surface area contributed by atoms with Crippen LogP contribution >= 0.6 is 0 Å². The summed E-state index contributed by atoms with van der Waals surface area (Å²) in [6, 6.07) is 0. The molecule has 0 aromatic heterocycles. The molecule has 0 spiro atoms. The zero-order valence-electron chi connectivity index (χ0n) is 9.06. The lowest BCUT2D eigenvalue weighted by Crippen LogP contribution is -1.86. The zero-order valence-corrected chi connectivity index (χ0v) is 9.06. The standard InChI is InChI=1S/C7H16O.C3H8O/c1-3-4-5-6-7-8-2;1-3-4-2/h3-7H2,1-2H3;3H2,1-2H3. The van der Waals surface area contributed by atoms with Crippen molar-refractivity contribution in [1.29, 1.82) is 0 Å². The van der Waals surface area contributed by atoms with E-state index in [0.717, 1.165) is 13.2 Å². The molecule has 0 aliphatic rings. The summed E-state index contributed by atoms with van der Waals surface area (Å²) in [5.41, 5.74) is 0. The molecule has 0 aliphatic carbocycles. The highest BCUT2D eigenvalue weighted by molar-refractivity contribution is 4.37. The van der Waals surface area contributed by atoms with E-state index in [1.54, 1.807) is 14.2 Å². The predicted octanol–water partition coefficient (Wildman–Crippen LogP) is 2.87. The second-order valence-corrected chi connectivity index (χ2v) is 2.63. The van der Waals surface area contributed by atoms with Gasteiger partial charge in [0.2, 0.25) is 0 Å². The normalized spacial score (nSPS) is 9.00. The number of hydrogen-bond acceptors (Lipinski definition) is 2. The molecule has 0 unspecified atom stereocenters. The van der Waals surface area contributed by atoms with E-state index in [0.29, 0.717) is 0 Å². The molecule has 12 heavy (non-hydrogen) atoms. The molecule has 76 valence electrons. The third kappa shape index (κ3) is 22.5. The van der Waals surface area contributed by atoms with Gasteiger partial charge in [0.05, 0.1) is 0 Å². The van der Waals surface area contributed by atoms with Crippen molar-refractivity contribution < 1.29 is 9.47 Å². The van der Waals surface area contributed by atoms with Crippen molar-refractivity contribution in [3.05, 3.63) is 0 Å². The number of hydrogen-bond donors (Lipinski definition) is 0. The van der Waals surface area contributed by atoms with Crippen LogP contribution in [0, 0.1) is 0 Å². The van der Waals surface area contributed by atoms with Crippen LogP contribution < -0.4 is 0 Å². The molecule has 0 radical (unpaired) electrons. The van der Waals surface area contributed by atoms with Crippen molar-refractivity contribution >= 4 is 0 Å². The van der Waals surface area contributed by atoms with Gasteiger partial charge < -0.3 is 9.47 Å². The van der Waals surface area contributed by atoms with Gasteiger partial charge in [-0.1, -0.05) is 26.2 Å². The quantitative estimate of drug-likeness (QED) is 0.579. The van der Waals surface area contributed by atoms with Gasteiger partial charge in [-0.15, -0.1) is 0 Å². The Labute approximate surface area is 77.3 Å². The summed E-state index contributed by atoms with van der Waals surface area (Å²) in [5.74, 6) is 0. The number of rotatable bonds is 6. The fourth-order valence-electron chi connectivity index (χ4n) is 0.673. The third-order valence-corrected chi connectivity index (χ3v) is 1.49. The van der Waals surface area contributed by atoms with E-state index >= 15 is 0 Å². The monoisotopic (exact) mass is 176 g/mol. The Bertz CT molecular complexity index is 47.8. The molecular weight excluding hydrogens is 152 g/mol. The average Bonchev–Trinajstić information content (AvgIpc) is 2.13. The maximum Gasteiger partial charge on any atom is 0.0462 e. The van der Waals surface area contributed by atoms with E-state index in [9.17, 15) is 0 Å².